The summed E-state index contributed by atoms with van der Waals surface area (Å²) in [4.78, 5) is 13.0. The molecule has 0 aromatic heterocycles. The van der Waals surface area contributed by atoms with Crippen LogP contribution in [0.5, 0.6) is 0 Å². The lowest BCUT2D eigenvalue weighted by Crippen LogP contribution is -2.41. The molecule has 84 valence electrons. The van der Waals surface area contributed by atoms with Crippen LogP contribution in [0, 0.1) is 5.92 Å². The fourth-order valence-corrected chi connectivity index (χ4v) is 1.83. The Labute approximate surface area is 87.1 Å². The lowest BCUT2D eigenvalue weighted by Gasteiger charge is -2.32. The summed E-state index contributed by atoms with van der Waals surface area (Å²) in [5, 5.41) is 8.84. The number of hydrogen-bond donors (Lipinski definition) is 1. The Bertz CT molecular complexity index is 167. The van der Waals surface area contributed by atoms with Crippen molar-refractivity contribution < 1.29 is 9.90 Å². The minimum absolute atomic E-state index is 0.187. The molecule has 14 heavy (non-hydrogen) atoms. The van der Waals surface area contributed by atoms with E-state index in [2.05, 4.69) is 32.6 Å². The van der Waals surface area contributed by atoms with Crippen molar-refractivity contribution >= 4 is 5.97 Å². The fourth-order valence-electron chi connectivity index (χ4n) is 1.83. The van der Waals surface area contributed by atoms with Crippen LogP contribution in [0.1, 0.15) is 40.5 Å². The molecule has 0 rings (SSSR count). The molecule has 0 saturated heterocycles. The molecular formula is C11H23NO2. The van der Waals surface area contributed by atoms with Crippen LogP contribution >= 0.6 is 0 Å². The Balaban J connectivity index is 4.42. The highest BCUT2D eigenvalue weighted by molar-refractivity contribution is 5.67. The van der Waals surface area contributed by atoms with Gasteiger partial charge in [0.2, 0.25) is 0 Å². The molecular weight excluding hydrogens is 178 g/mol. The summed E-state index contributed by atoms with van der Waals surface area (Å²) in [6.45, 7) is 10.3. The number of rotatable bonds is 7. The summed E-state index contributed by atoms with van der Waals surface area (Å²) in [5.74, 6) is -0.242. The van der Waals surface area contributed by atoms with Crippen molar-refractivity contribution in [3.05, 3.63) is 0 Å². The second-order valence-corrected chi connectivity index (χ2v) is 3.77. The zero-order valence-electron chi connectivity index (χ0n) is 9.79. The molecule has 0 fully saturated rings. The van der Waals surface area contributed by atoms with E-state index in [9.17, 15) is 4.79 Å². The predicted molar refractivity (Wildman–Crippen MR) is 58.4 cm³/mol. The normalized spacial score (nSPS) is 15.5. The monoisotopic (exact) mass is 201 g/mol. The number of aliphatic carboxylic acids is 1. The predicted octanol–water partition coefficient (Wildman–Crippen LogP) is 2.22. The van der Waals surface area contributed by atoms with Gasteiger partial charge in [-0.1, -0.05) is 34.1 Å². The number of nitrogens with zero attached hydrogens (tertiary/aromatic N) is 1. The summed E-state index contributed by atoms with van der Waals surface area (Å²) < 4.78 is 0. The van der Waals surface area contributed by atoms with E-state index >= 15 is 0 Å². The van der Waals surface area contributed by atoms with Gasteiger partial charge in [0.05, 0.1) is 6.42 Å². The van der Waals surface area contributed by atoms with Crippen molar-refractivity contribution in [3.63, 3.8) is 0 Å². The van der Waals surface area contributed by atoms with Gasteiger partial charge in [0, 0.05) is 6.04 Å². The van der Waals surface area contributed by atoms with Crippen molar-refractivity contribution in [2.45, 2.75) is 46.6 Å². The molecule has 0 aliphatic rings. The standard InChI is InChI=1S/C11H23NO2/c1-5-9(4)10(8-11(13)14)12(6-2)7-3/h9-10H,5-8H2,1-4H3,(H,13,14). The lowest BCUT2D eigenvalue weighted by molar-refractivity contribution is -0.138. The highest BCUT2D eigenvalue weighted by atomic mass is 16.4. The Morgan fingerprint density at radius 2 is 1.79 bits per heavy atom. The van der Waals surface area contributed by atoms with E-state index in [1.807, 2.05) is 0 Å². The lowest BCUT2D eigenvalue weighted by atomic mass is 9.95. The molecule has 0 aliphatic carbocycles. The highest BCUT2D eigenvalue weighted by Crippen LogP contribution is 2.17. The SMILES string of the molecule is CCC(C)C(CC(=O)O)N(CC)CC. The van der Waals surface area contributed by atoms with Gasteiger partial charge in [0.25, 0.3) is 0 Å². The molecule has 2 unspecified atom stereocenters. The third-order valence-electron chi connectivity index (χ3n) is 2.97. The first kappa shape index (κ1) is 13.4. The van der Waals surface area contributed by atoms with Crippen molar-refractivity contribution in [3.8, 4) is 0 Å². The zero-order valence-corrected chi connectivity index (χ0v) is 9.79. The molecule has 0 bridgehead atoms. The van der Waals surface area contributed by atoms with Gasteiger partial charge in [-0.15, -0.1) is 0 Å². The van der Waals surface area contributed by atoms with Gasteiger partial charge < -0.3 is 10.0 Å². The summed E-state index contributed by atoms with van der Waals surface area (Å²) in [6.07, 6.45) is 1.30. The molecule has 2 atom stereocenters. The summed E-state index contributed by atoms with van der Waals surface area (Å²) in [7, 11) is 0. The number of hydrogen-bond acceptors (Lipinski definition) is 2. The minimum Gasteiger partial charge on any atom is -0.481 e. The largest absolute Gasteiger partial charge is 0.481 e. The molecule has 1 N–H and O–H groups in total. The van der Waals surface area contributed by atoms with E-state index in [-0.39, 0.29) is 12.5 Å². The van der Waals surface area contributed by atoms with Crippen LogP contribution in [-0.2, 0) is 4.79 Å². The highest BCUT2D eigenvalue weighted by Gasteiger charge is 2.23. The number of carboxylic acid groups (broad SMARTS) is 1. The minimum atomic E-state index is -0.692. The summed E-state index contributed by atoms with van der Waals surface area (Å²) >= 11 is 0. The van der Waals surface area contributed by atoms with Crippen LogP contribution in [-0.4, -0.2) is 35.1 Å². The third-order valence-corrected chi connectivity index (χ3v) is 2.97. The molecule has 3 heteroatoms. The van der Waals surface area contributed by atoms with Gasteiger partial charge in [0.1, 0.15) is 0 Å². The maximum atomic E-state index is 10.7. The molecule has 0 aromatic carbocycles. The van der Waals surface area contributed by atoms with Crippen molar-refractivity contribution in [2.75, 3.05) is 13.1 Å². The second-order valence-electron chi connectivity index (χ2n) is 3.77. The summed E-state index contributed by atoms with van der Waals surface area (Å²) in [6, 6.07) is 0.187. The Morgan fingerprint density at radius 3 is 2.07 bits per heavy atom. The van der Waals surface area contributed by atoms with Gasteiger partial charge in [-0.3, -0.25) is 4.79 Å². The van der Waals surface area contributed by atoms with Crippen LogP contribution < -0.4 is 0 Å². The maximum Gasteiger partial charge on any atom is 0.304 e. The Hall–Kier alpha value is -0.570. The molecule has 0 saturated carbocycles. The molecule has 0 aliphatic heterocycles. The van der Waals surface area contributed by atoms with Gasteiger partial charge in [-0.2, -0.15) is 0 Å². The maximum absolute atomic E-state index is 10.7. The molecule has 0 radical (unpaired) electrons. The average molecular weight is 201 g/mol. The second kappa shape index (κ2) is 6.82. The van der Waals surface area contributed by atoms with Crippen LogP contribution in [0.15, 0.2) is 0 Å². The van der Waals surface area contributed by atoms with E-state index in [1.165, 1.54) is 0 Å². The molecule has 0 heterocycles. The van der Waals surface area contributed by atoms with E-state index in [4.69, 9.17) is 5.11 Å². The third kappa shape index (κ3) is 4.09. The van der Waals surface area contributed by atoms with Crippen LogP contribution in [0.3, 0.4) is 0 Å². The smallest absolute Gasteiger partial charge is 0.304 e. The van der Waals surface area contributed by atoms with E-state index in [1.54, 1.807) is 0 Å². The first-order valence-electron chi connectivity index (χ1n) is 5.52. The molecule has 3 nitrogen and oxygen atoms in total. The van der Waals surface area contributed by atoms with Crippen molar-refractivity contribution in [2.24, 2.45) is 5.92 Å². The Morgan fingerprint density at radius 1 is 1.29 bits per heavy atom. The van der Waals surface area contributed by atoms with E-state index < -0.39 is 5.97 Å². The molecule has 0 amide bonds. The van der Waals surface area contributed by atoms with Crippen molar-refractivity contribution in [1.82, 2.24) is 4.90 Å². The van der Waals surface area contributed by atoms with E-state index in [0.29, 0.717) is 5.92 Å². The van der Waals surface area contributed by atoms with Gasteiger partial charge in [-0.05, 0) is 19.0 Å². The number of carboxylic acids is 1. The van der Waals surface area contributed by atoms with Crippen LogP contribution in [0.25, 0.3) is 0 Å². The van der Waals surface area contributed by atoms with Gasteiger partial charge in [0.15, 0.2) is 0 Å². The van der Waals surface area contributed by atoms with Crippen molar-refractivity contribution in [1.29, 1.82) is 0 Å². The molecule has 0 spiro atoms. The average Bonchev–Trinajstić information content (AvgIpc) is 2.16. The number of carbonyl (C=O) groups is 1. The molecule has 0 aromatic rings. The zero-order chi connectivity index (χ0) is 11.1. The van der Waals surface area contributed by atoms with Gasteiger partial charge >= 0.3 is 5.97 Å². The van der Waals surface area contributed by atoms with E-state index in [0.717, 1.165) is 19.5 Å². The Kier molecular flexibility index (Phi) is 6.54. The fraction of sp³-hybridized carbons (Fsp3) is 0.909. The van der Waals surface area contributed by atoms with Gasteiger partial charge in [-0.25, -0.2) is 0 Å². The quantitative estimate of drug-likeness (QED) is 0.686. The summed E-state index contributed by atoms with van der Waals surface area (Å²) in [5.41, 5.74) is 0. The first-order chi connectivity index (χ1) is 6.56. The topological polar surface area (TPSA) is 40.5 Å². The van der Waals surface area contributed by atoms with Crippen LogP contribution in [0.2, 0.25) is 0 Å². The first-order valence-corrected chi connectivity index (χ1v) is 5.52. The van der Waals surface area contributed by atoms with Crippen LogP contribution in [0.4, 0.5) is 0 Å².